The van der Waals surface area contributed by atoms with Crippen molar-refractivity contribution in [1.29, 1.82) is 0 Å². The van der Waals surface area contributed by atoms with E-state index in [-0.39, 0.29) is 81.9 Å². The Bertz CT molecular complexity index is 1130. The van der Waals surface area contributed by atoms with E-state index >= 15 is 0 Å². The van der Waals surface area contributed by atoms with E-state index in [0.29, 0.717) is 0 Å². The molecule has 0 bridgehead atoms. The van der Waals surface area contributed by atoms with E-state index in [0.717, 1.165) is 0 Å². The first kappa shape index (κ1) is 66.1. The van der Waals surface area contributed by atoms with Crippen LogP contribution < -0.4 is 61.3 Å². The summed E-state index contributed by atoms with van der Waals surface area (Å²) in [5.74, 6) is -23.9. The first-order valence-electron chi connectivity index (χ1n) is 12.5. The molecule has 55 heavy (non-hydrogen) atoms. The third-order valence-electron chi connectivity index (χ3n) is 5.01. The molecule has 0 aliphatic heterocycles. The second kappa shape index (κ2) is 29.5. The average molecular weight is 1380 g/mol. The molecular weight excluding hydrogens is 1360 g/mol. The van der Waals surface area contributed by atoms with Gasteiger partial charge in [-0.05, 0) is 0 Å². The van der Waals surface area contributed by atoms with Crippen molar-refractivity contribution in [3.05, 3.63) is 0 Å². The van der Waals surface area contributed by atoms with Gasteiger partial charge in [-0.1, -0.05) is 0 Å². The van der Waals surface area contributed by atoms with Crippen LogP contribution >= 0.6 is 0 Å². The molecule has 308 valence electrons. The van der Waals surface area contributed by atoms with Gasteiger partial charge in [0.2, 0.25) is 0 Å². The summed E-state index contributed by atoms with van der Waals surface area (Å²) in [6.45, 7) is 0. The molecule has 0 unspecified atom stereocenters. The van der Waals surface area contributed by atoms with Crippen LogP contribution in [0.5, 0.6) is 0 Å². The molecule has 0 spiro atoms. The summed E-state index contributed by atoms with van der Waals surface area (Å²) in [5.41, 5.74) is -11.9. The molecule has 0 amide bonds. The van der Waals surface area contributed by atoms with Gasteiger partial charge < -0.3 is 139 Å². The zero-order valence-electron chi connectivity index (χ0n) is 26.7. The number of hydrogen-bond donors (Lipinski definition) is 4. The van der Waals surface area contributed by atoms with E-state index in [9.17, 15) is 119 Å². The zero-order chi connectivity index (χ0) is 42.6. The maximum Gasteiger partial charge on any atom is 0.114 e. The van der Waals surface area contributed by atoms with Gasteiger partial charge in [0.05, 0.1) is 23.9 Å². The van der Waals surface area contributed by atoms with Crippen molar-refractivity contribution in [1.82, 2.24) is 0 Å². The molecule has 4 N–H and O–H groups in total. The summed E-state index contributed by atoms with van der Waals surface area (Å²) >= 11 is 0. The number of aliphatic carboxylic acids is 12. The molecule has 0 aliphatic carbocycles. The Morgan fingerprint density at radius 1 is 0.255 bits per heavy atom. The number of carboxylic acids is 12. The summed E-state index contributed by atoms with van der Waals surface area (Å²) in [6.07, 6.45) is -10.9. The molecule has 31 heteroatoms. The second-order valence-corrected chi connectivity index (χ2v) is 9.67. The largest absolute Gasteiger partial charge is 0.550 e. The standard InChI is InChI=1S/4C6H8O7.3Pb/c4*7-3(8)1-6(13,5(11)12)2-4(9)10;;;/h4*13H,1-2H2,(H,7,8)(H,9,10)(H,11,12);;;/p-12. The third kappa shape index (κ3) is 32.2. The summed E-state index contributed by atoms with van der Waals surface area (Å²) in [5, 5.41) is 156. The molecular formula is C24H20O28Pb3-12. The Morgan fingerprint density at radius 3 is 0.364 bits per heavy atom. The normalized spacial score (nSPS) is 10.3. The Kier molecular flexibility index (Phi) is 35.5. The van der Waals surface area contributed by atoms with Gasteiger partial charge in [0.25, 0.3) is 0 Å². The van der Waals surface area contributed by atoms with Gasteiger partial charge >= 0.3 is 0 Å². The van der Waals surface area contributed by atoms with Crippen molar-refractivity contribution in [2.45, 2.75) is 73.8 Å². The number of rotatable bonds is 20. The van der Waals surface area contributed by atoms with Crippen LogP contribution in [-0.2, 0) is 57.5 Å². The van der Waals surface area contributed by atoms with Crippen molar-refractivity contribution in [2.24, 2.45) is 0 Å². The van der Waals surface area contributed by atoms with Crippen LogP contribution in [0.25, 0.3) is 0 Å². The fraction of sp³-hybridized carbons (Fsp3) is 0.500. The minimum atomic E-state index is -2.97. The van der Waals surface area contributed by atoms with E-state index in [1.165, 1.54) is 0 Å². The molecule has 0 aromatic heterocycles. The van der Waals surface area contributed by atoms with E-state index in [2.05, 4.69) is 0 Å². The average Bonchev–Trinajstić information content (AvgIpc) is 2.85. The van der Waals surface area contributed by atoms with Crippen LogP contribution in [-0.4, -0.2) is 196 Å². The van der Waals surface area contributed by atoms with Crippen LogP contribution in [0.15, 0.2) is 0 Å². The molecule has 0 atom stereocenters. The molecule has 0 aliphatic rings. The van der Waals surface area contributed by atoms with E-state index in [1.54, 1.807) is 0 Å². The number of carbonyl (C=O) groups is 12. The van der Waals surface area contributed by atoms with Crippen LogP contribution in [0.1, 0.15) is 51.4 Å². The van der Waals surface area contributed by atoms with Crippen LogP contribution in [0, 0.1) is 0 Å². The molecule has 0 aromatic carbocycles. The van der Waals surface area contributed by atoms with Crippen molar-refractivity contribution in [3.63, 3.8) is 0 Å². The molecule has 28 nitrogen and oxygen atoms in total. The molecule has 0 fully saturated rings. The first-order valence-corrected chi connectivity index (χ1v) is 12.5. The van der Waals surface area contributed by atoms with Gasteiger partial charge in [0, 0.05) is 181 Å². The van der Waals surface area contributed by atoms with Gasteiger partial charge in [-0.2, -0.15) is 0 Å². The third-order valence-corrected chi connectivity index (χ3v) is 5.01. The Balaban J connectivity index is -0.000000110. The monoisotopic (exact) mass is 1380 g/mol. The maximum absolute atomic E-state index is 10.1. The number of carboxylic acid groups (broad SMARTS) is 12. The van der Waals surface area contributed by atoms with E-state index < -0.39 is 145 Å². The van der Waals surface area contributed by atoms with Crippen molar-refractivity contribution < 1.29 is 139 Å². The van der Waals surface area contributed by atoms with Crippen molar-refractivity contribution in [3.8, 4) is 0 Å². The number of aliphatic hydroxyl groups is 4. The number of hydrogen-bond acceptors (Lipinski definition) is 28. The predicted molar refractivity (Wildman–Crippen MR) is 134 cm³/mol. The summed E-state index contributed by atoms with van der Waals surface area (Å²) < 4.78 is 0. The molecule has 12 radical (unpaired) electrons. The van der Waals surface area contributed by atoms with Gasteiger partial charge in [-0.25, -0.2) is 0 Å². The SMILES string of the molecule is O=C([O-])CC(O)(CC(=O)[O-])C(=O)[O-].O=C([O-])CC(O)(CC(=O)[O-])C(=O)[O-].O=C([O-])CC(O)(CC(=O)[O-])C(=O)[O-].O=C([O-])CC(O)(CC(=O)[O-])C(=O)[O-].[Pb].[Pb].[Pb]. The molecule has 0 saturated heterocycles. The fourth-order valence-electron chi connectivity index (χ4n) is 2.74. The number of carbonyl (C=O) groups excluding carboxylic acids is 12. The second-order valence-electron chi connectivity index (χ2n) is 9.67. The van der Waals surface area contributed by atoms with Gasteiger partial charge in [-0.15, -0.1) is 0 Å². The van der Waals surface area contributed by atoms with Crippen LogP contribution in [0.2, 0.25) is 0 Å². The molecule has 0 rings (SSSR count). The predicted octanol–water partition coefficient (Wildman–Crippen LogP) is -22.2. The molecule has 0 saturated carbocycles. The smallest absolute Gasteiger partial charge is 0.114 e. The van der Waals surface area contributed by atoms with Crippen molar-refractivity contribution >= 4 is 154 Å². The maximum atomic E-state index is 10.1. The van der Waals surface area contributed by atoms with Gasteiger partial charge in [0.15, 0.2) is 0 Å². The fourth-order valence-corrected chi connectivity index (χ4v) is 2.74. The molecule has 0 heterocycles. The van der Waals surface area contributed by atoms with Crippen LogP contribution in [0.4, 0.5) is 0 Å². The zero-order valence-corrected chi connectivity index (χ0v) is 38.4. The van der Waals surface area contributed by atoms with Gasteiger partial charge in [0.1, 0.15) is 22.4 Å². The Morgan fingerprint density at radius 2 is 0.327 bits per heavy atom. The minimum absolute atomic E-state index is 0. The topological polar surface area (TPSA) is 562 Å². The van der Waals surface area contributed by atoms with E-state index in [4.69, 9.17) is 20.4 Å². The summed E-state index contributed by atoms with van der Waals surface area (Å²) in [4.78, 5) is 120. The first-order chi connectivity index (χ1) is 23.1. The molecule has 0 aromatic rings. The van der Waals surface area contributed by atoms with Gasteiger partial charge in [-0.3, -0.25) is 0 Å². The van der Waals surface area contributed by atoms with Crippen molar-refractivity contribution in [2.75, 3.05) is 0 Å². The summed E-state index contributed by atoms with van der Waals surface area (Å²) in [7, 11) is 0. The Hall–Kier alpha value is -3.75. The summed E-state index contributed by atoms with van der Waals surface area (Å²) in [6, 6.07) is 0. The quantitative estimate of drug-likeness (QED) is 0.0822. The van der Waals surface area contributed by atoms with E-state index in [1.807, 2.05) is 0 Å². The Labute approximate surface area is 364 Å². The van der Waals surface area contributed by atoms with Crippen LogP contribution in [0.3, 0.4) is 0 Å². The minimum Gasteiger partial charge on any atom is -0.550 e.